The van der Waals surface area contributed by atoms with E-state index in [1.165, 1.54) is 0 Å². The van der Waals surface area contributed by atoms with E-state index < -0.39 is 9.84 Å². The van der Waals surface area contributed by atoms with Crippen molar-refractivity contribution >= 4 is 27.1 Å². The molecule has 0 aliphatic rings. The lowest BCUT2D eigenvalue weighted by atomic mass is 10.4. The molecule has 130 valence electrons. The lowest BCUT2D eigenvalue weighted by Crippen LogP contribution is -2.39. The Hall–Kier alpha value is -1.93. The normalized spacial score (nSPS) is 12.2. The number of thiazole rings is 1. The zero-order valence-electron chi connectivity index (χ0n) is 13.8. The first kappa shape index (κ1) is 18.4. The van der Waals surface area contributed by atoms with Crippen molar-refractivity contribution in [2.24, 2.45) is 4.99 Å². The summed E-state index contributed by atoms with van der Waals surface area (Å²) in [6.45, 7) is 5.43. The lowest BCUT2D eigenvalue weighted by molar-refractivity contribution is 0.594. The number of nitrogens with zero attached hydrogens (tertiary/aromatic N) is 2. The molecule has 2 rings (SSSR count). The van der Waals surface area contributed by atoms with Crippen LogP contribution in [0.2, 0.25) is 0 Å². The highest BCUT2D eigenvalue weighted by atomic mass is 32.2. The quantitative estimate of drug-likeness (QED) is 0.578. The summed E-state index contributed by atoms with van der Waals surface area (Å²) in [6, 6.07) is 8.47. The summed E-state index contributed by atoms with van der Waals surface area (Å²) < 4.78 is 24.5. The highest BCUT2D eigenvalue weighted by molar-refractivity contribution is 7.91. The Kier molecular flexibility index (Phi) is 6.74. The van der Waals surface area contributed by atoms with E-state index in [0.29, 0.717) is 30.5 Å². The average molecular weight is 367 g/mol. The molecule has 0 saturated carbocycles. The van der Waals surface area contributed by atoms with Gasteiger partial charge in [-0.05, 0) is 26.0 Å². The van der Waals surface area contributed by atoms with Gasteiger partial charge in [-0.25, -0.2) is 18.4 Å². The van der Waals surface area contributed by atoms with Crippen LogP contribution in [0.5, 0.6) is 0 Å². The number of sulfone groups is 1. The molecule has 1 heterocycles. The van der Waals surface area contributed by atoms with Crippen LogP contribution in [0.1, 0.15) is 16.8 Å². The molecule has 0 amide bonds. The first-order valence-corrected chi connectivity index (χ1v) is 10.2. The summed E-state index contributed by atoms with van der Waals surface area (Å²) >= 11 is 1.60. The Bertz CT molecular complexity index is 770. The summed E-state index contributed by atoms with van der Waals surface area (Å²) in [7, 11) is -3.29. The molecule has 0 radical (unpaired) electrons. The molecule has 1 aromatic carbocycles. The second kappa shape index (κ2) is 8.79. The van der Waals surface area contributed by atoms with Gasteiger partial charge in [0.1, 0.15) is 5.01 Å². The van der Waals surface area contributed by atoms with Gasteiger partial charge in [-0.15, -0.1) is 11.3 Å². The molecule has 1 aromatic heterocycles. The monoisotopic (exact) mass is 366 g/mol. The van der Waals surface area contributed by atoms with E-state index >= 15 is 0 Å². The van der Waals surface area contributed by atoms with Crippen LogP contribution in [0.25, 0.3) is 0 Å². The molecule has 0 aliphatic carbocycles. The third kappa shape index (κ3) is 5.61. The summed E-state index contributed by atoms with van der Waals surface area (Å²) in [5.41, 5.74) is 0. The van der Waals surface area contributed by atoms with Crippen molar-refractivity contribution in [1.29, 1.82) is 0 Å². The average Bonchev–Trinajstić information content (AvgIpc) is 2.99. The van der Waals surface area contributed by atoms with Gasteiger partial charge >= 0.3 is 0 Å². The van der Waals surface area contributed by atoms with E-state index in [2.05, 4.69) is 20.6 Å². The van der Waals surface area contributed by atoms with Crippen molar-refractivity contribution in [3.63, 3.8) is 0 Å². The Morgan fingerprint density at radius 2 is 2.00 bits per heavy atom. The number of aliphatic imine (C=N–C) groups is 1. The van der Waals surface area contributed by atoms with Gasteiger partial charge in [0.2, 0.25) is 0 Å². The van der Waals surface area contributed by atoms with E-state index in [0.717, 1.165) is 9.88 Å². The number of rotatable bonds is 7. The third-order valence-corrected chi connectivity index (χ3v) is 5.78. The van der Waals surface area contributed by atoms with Crippen LogP contribution in [0, 0.1) is 6.92 Å². The second-order valence-electron chi connectivity index (χ2n) is 5.12. The zero-order chi connectivity index (χ0) is 17.4. The maximum Gasteiger partial charge on any atom is 0.191 e. The minimum atomic E-state index is -3.29. The Balaban J connectivity index is 1.91. The summed E-state index contributed by atoms with van der Waals surface area (Å²) in [5, 5.41) is 7.10. The van der Waals surface area contributed by atoms with Crippen molar-refractivity contribution in [1.82, 2.24) is 15.6 Å². The van der Waals surface area contributed by atoms with Gasteiger partial charge in [0.15, 0.2) is 15.8 Å². The highest BCUT2D eigenvalue weighted by Crippen LogP contribution is 2.12. The molecule has 0 unspecified atom stereocenters. The Morgan fingerprint density at radius 3 is 2.62 bits per heavy atom. The SMILES string of the molecule is CCNC(=NCc1ncc(C)s1)NCCS(=O)(=O)c1ccccc1. The molecule has 24 heavy (non-hydrogen) atoms. The van der Waals surface area contributed by atoms with Gasteiger partial charge in [-0.3, -0.25) is 0 Å². The Labute approximate surface area is 147 Å². The molecule has 0 spiro atoms. The van der Waals surface area contributed by atoms with Gasteiger partial charge in [-0.2, -0.15) is 0 Å². The number of hydrogen-bond donors (Lipinski definition) is 2. The smallest absolute Gasteiger partial charge is 0.191 e. The molecule has 0 atom stereocenters. The van der Waals surface area contributed by atoms with E-state index in [4.69, 9.17) is 0 Å². The van der Waals surface area contributed by atoms with E-state index in [1.54, 1.807) is 41.7 Å². The van der Waals surface area contributed by atoms with Crippen molar-refractivity contribution in [3.8, 4) is 0 Å². The first-order chi connectivity index (χ1) is 11.5. The highest BCUT2D eigenvalue weighted by Gasteiger charge is 2.13. The maximum absolute atomic E-state index is 12.2. The standard InChI is InChI=1S/C16H22N4O2S2/c1-3-17-16(20-12-15-19-11-13(2)23-15)18-9-10-24(21,22)14-7-5-4-6-8-14/h4-8,11H,3,9-10,12H2,1-2H3,(H2,17,18,20). The maximum atomic E-state index is 12.2. The lowest BCUT2D eigenvalue weighted by Gasteiger charge is -2.11. The number of guanidine groups is 1. The molecule has 2 aromatic rings. The fourth-order valence-corrected chi connectivity index (χ4v) is 3.90. The molecule has 0 bridgehead atoms. The minimum absolute atomic E-state index is 0.0117. The molecule has 0 fully saturated rings. The van der Waals surface area contributed by atoms with Crippen LogP contribution in [0.3, 0.4) is 0 Å². The molecule has 6 nitrogen and oxygen atoms in total. The van der Waals surface area contributed by atoms with Crippen molar-refractivity contribution in [2.75, 3.05) is 18.8 Å². The fraction of sp³-hybridized carbons (Fsp3) is 0.375. The predicted molar refractivity (Wildman–Crippen MR) is 98.2 cm³/mol. The van der Waals surface area contributed by atoms with Crippen LogP contribution < -0.4 is 10.6 Å². The summed E-state index contributed by atoms with van der Waals surface area (Å²) in [6.07, 6.45) is 1.82. The van der Waals surface area contributed by atoms with Crippen LogP contribution in [-0.4, -0.2) is 38.2 Å². The third-order valence-electron chi connectivity index (χ3n) is 3.15. The number of aryl methyl sites for hydroxylation is 1. The number of benzene rings is 1. The van der Waals surface area contributed by atoms with Crippen LogP contribution in [0.15, 0.2) is 46.4 Å². The minimum Gasteiger partial charge on any atom is -0.357 e. The predicted octanol–water partition coefficient (Wildman–Crippen LogP) is 1.98. The fourth-order valence-electron chi connectivity index (χ4n) is 2.01. The van der Waals surface area contributed by atoms with Crippen molar-refractivity contribution in [2.45, 2.75) is 25.3 Å². The molecule has 0 aliphatic heterocycles. The van der Waals surface area contributed by atoms with Crippen LogP contribution >= 0.6 is 11.3 Å². The Morgan fingerprint density at radius 1 is 1.25 bits per heavy atom. The molecule has 8 heteroatoms. The zero-order valence-corrected chi connectivity index (χ0v) is 15.5. The van der Waals surface area contributed by atoms with Gasteiger partial charge in [-0.1, -0.05) is 18.2 Å². The molecule has 2 N–H and O–H groups in total. The van der Waals surface area contributed by atoms with Crippen LogP contribution in [0.4, 0.5) is 0 Å². The first-order valence-electron chi connectivity index (χ1n) is 7.72. The van der Waals surface area contributed by atoms with E-state index in [-0.39, 0.29) is 5.75 Å². The number of nitrogens with one attached hydrogen (secondary N) is 2. The summed E-state index contributed by atoms with van der Waals surface area (Å²) in [5.74, 6) is 0.603. The van der Waals surface area contributed by atoms with Gasteiger partial charge in [0, 0.05) is 24.2 Å². The molecular weight excluding hydrogens is 344 g/mol. The van der Waals surface area contributed by atoms with Crippen molar-refractivity contribution < 1.29 is 8.42 Å². The van der Waals surface area contributed by atoms with Gasteiger partial charge < -0.3 is 10.6 Å². The van der Waals surface area contributed by atoms with E-state index in [9.17, 15) is 8.42 Å². The topological polar surface area (TPSA) is 83.4 Å². The number of aromatic nitrogens is 1. The largest absolute Gasteiger partial charge is 0.357 e. The van der Waals surface area contributed by atoms with E-state index in [1.807, 2.05) is 20.0 Å². The van der Waals surface area contributed by atoms with Crippen LogP contribution in [-0.2, 0) is 16.4 Å². The van der Waals surface area contributed by atoms with Crippen molar-refractivity contribution in [3.05, 3.63) is 46.4 Å². The molecular formula is C16H22N4O2S2. The number of hydrogen-bond acceptors (Lipinski definition) is 5. The van der Waals surface area contributed by atoms with Gasteiger partial charge in [0.25, 0.3) is 0 Å². The summed E-state index contributed by atoms with van der Waals surface area (Å²) in [4.78, 5) is 10.2. The van der Waals surface area contributed by atoms with Gasteiger partial charge in [0.05, 0.1) is 17.2 Å². The molecule has 0 saturated heterocycles. The second-order valence-corrected chi connectivity index (χ2v) is 8.55.